The number of rotatable bonds is 6. The summed E-state index contributed by atoms with van der Waals surface area (Å²) in [4.78, 5) is 12.3. The van der Waals surface area contributed by atoms with E-state index in [0.717, 1.165) is 41.4 Å². The van der Waals surface area contributed by atoms with Crippen molar-refractivity contribution in [2.24, 2.45) is 5.92 Å². The van der Waals surface area contributed by atoms with Gasteiger partial charge in [0.2, 0.25) is 5.91 Å². The van der Waals surface area contributed by atoms with Crippen molar-refractivity contribution in [3.8, 4) is 0 Å². The maximum Gasteiger partial charge on any atom is 0.246 e. The molecule has 5 heteroatoms. The molecule has 1 saturated carbocycles. The second kappa shape index (κ2) is 8.49. The normalized spacial score (nSPS) is 20.1. The Morgan fingerprint density at radius 3 is 2.88 bits per heavy atom. The number of nitrogens with one attached hydrogen (secondary N) is 1. The molecule has 1 aliphatic rings. The number of benzene rings is 1. The number of hydrogen-bond acceptors (Lipinski definition) is 3. The summed E-state index contributed by atoms with van der Waals surface area (Å²) in [7, 11) is 0. The lowest BCUT2D eigenvalue weighted by Gasteiger charge is -2.26. The number of carbonyl (C=O) groups excluding carboxylic acids is 1. The monoisotopic (exact) mass is 355 g/mol. The lowest BCUT2D eigenvalue weighted by molar-refractivity contribution is -0.116. The van der Waals surface area contributed by atoms with E-state index in [0.29, 0.717) is 12.7 Å². The van der Waals surface area contributed by atoms with E-state index in [1.54, 1.807) is 4.68 Å². The first-order chi connectivity index (χ1) is 12.5. The zero-order valence-corrected chi connectivity index (χ0v) is 16.0. The molecule has 0 saturated heterocycles. The Kier molecular flexibility index (Phi) is 6.09. The van der Waals surface area contributed by atoms with Crippen LogP contribution in [0.15, 0.2) is 30.3 Å². The molecule has 26 heavy (non-hydrogen) atoms. The average Bonchev–Trinajstić information content (AvgIpc) is 2.90. The van der Waals surface area contributed by atoms with Crippen molar-refractivity contribution >= 4 is 11.6 Å². The van der Waals surface area contributed by atoms with E-state index in [-0.39, 0.29) is 12.5 Å². The number of hydrogen-bond donors (Lipinski definition) is 1. The summed E-state index contributed by atoms with van der Waals surface area (Å²) in [5.74, 6) is 0.684. The highest BCUT2D eigenvalue weighted by Gasteiger charge is 2.19. The van der Waals surface area contributed by atoms with Gasteiger partial charge in [0.05, 0.1) is 18.4 Å². The van der Waals surface area contributed by atoms with Gasteiger partial charge in [0.25, 0.3) is 0 Å². The fraction of sp³-hybridized carbons (Fsp3) is 0.524. The first-order valence-electron chi connectivity index (χ1n) is 9.51. The Bertz CT molecular complexity index is 753. The third kappa shape index (κ3) is 5.18. The summed E-state index contributed by atoms with van der Waals surface area (Å²) >= 11 is 0. The minimum Gasteiger partial charge on any atom is -0.374 e. The zero-order chi connectivity index (χ0) is 18.5. The molecule has 0 bridgehead atoms. The molecule has 1 amide bonds. The van der Waals surface area contributed by atoms with Crippen LogP contribution in [0.5, 0.6) is 0 Å². The molecule has 1 aromatic carbocycles. The highest BCUT2D eigenvalue weighted by atomic mass is 16.5. The number of aromatic nitrogens is 2. The van der Waals surface area contributed by atoms with Gasteiger partial charge in [-0.1, -0.05) is 31.9 Å². The first-order valence-corrected chi connectivity index (χ1v) is 9.51. The minimum absolute atomic E-state index is 0.0737. The molecule has 3 rings (SSSR count). The quantitative estimate of drug-likeness (QED) is 0.843. The van der Waals surface area contributed by atoms with Crippen LogP contribution >= 0.6 is 0 Å². The Hall–Kier alpha value is -2.14. The van der Waals surface area contributed by atoms with Crippen molar-refractivity contribution in [1.29, 1.82) is 0 Å². The summed E-state index contributed by atoms with van der Waals surface area (Å²) in [6.07, 6.45) is 5.25. The molecular formula is C21H29N3O2. The van der Waals surface area contributed by atoms with Crippen molar-refractivity contribution in [3.05, 3.63) is 47.3 Å². The highest BCUT2D eigenvalue weighted by molar-refractivity contribution is 5.90. The van der Waals surface area contributed by atoms with Crippen molar-refractivity contribution in [2.45, 2.75) is 65.7 Å². The van der Waals surface area contributed by atoms with Gasteiger partial charge >= 0.3 is 0 Å². The van der Waals surface area contributed by atoms with Gasteiger partial charge in [-0.05, 0) is 56.4 Å². The summed E-state index contributed by atoms with van der Waals surface area (Å²) < 4.78 is 7.81. The van der Waals surface area contributed by atoms with Gasteiger partial charge < -0.3 is 10.1 Å². The van der Waals surface area contributed by atoms with Gasteiger partial charge in [0.15, 0.2) is 0 Å². The zero-order valence-electron chi connectivity index (χ0n) is 16.0. The smallest absolute Gasteiger partial charge is 0.246 e. The molecule has 5 nitrogen and oxygen atoms in total. The topological polar surface area (TPSA) is 56.2 Å². The number of anilines is 1. The van der Waals surface area contributed by atoms with E-state index in [1.165, 1.54) is 12.8 Å². The third-order valence-corrected chi connectivity index (χ3v) is 4.98. The minimum atomic E-state index is -0.0737. The van der Waals surface area contributed by atoms with Crippen LogP contribution in [-0.2, 0) is 22.7 Å². The molecule has 1 N–H and O–H groups in total. The van der Waals surface area contributed by atoms with Crippen LogP contribution in [0, 0.1) is 19.8 Å². The Morgan fingerprint density at radius 1 is 1.31 bits per heavy atom. The molecule has 0 radical (unpaired) electrons. The van der Waals surface area contributed by atoms with Gasteiger partial charge in [-0.2, -0.15) is 5.10 Å². The number of aryl methyl sites for hydroxylation is 2. The fourth-order valence-electron chi connectivity index (χ4n) is 3.65. The predicted octanol–water partition coefficient (Wildman–Crippen LogP) is 4.23. The lowest BCUT2D eigenvalue weighted by Crippen LogP contribution is -2.21. The van der Waals surface area contributed by atoms with E-state index in [2.05, 4.69) is 17.3 Å². The first kappa shape index (κ1) is 18.6. The van der Waals surface area contributed by atoms with Crippen LogP contribution in [0.2, 0.25) is 0 Å². The van der Waals surface area contributed by atoms with Crippen molar-refractivity contribution in [2.75, 3.05) is 5.32 Å². The van der Waals surface area contributed by atoms with E-state index in [9.17, 15) is 4.79 Å². The van der Waals surface area contributed by atoms with Gasteiger partial charge in [-0.15, -0.1) is 0 Å². The van der Waals surface area contributed by atoms with Gasteiger partial charge in [0.1, 0.15) is 6.54 Å². The van der Waals surface area contributed by atoms with Crippen LogP contribution in [0.25, 0.3) is 0 Å². The summed E-state index contributed by atoms with van der Waals surface area (Å²) in [5, 5.41) is 7.29. The van der Waals surface area contributed by atoms with Gasteiger partial charge in [0, 0.05) is 11.4 Å². The Balaban J connectivity index is 1.53. The molecule has 1 aromatic heterocycles. The second-order valence-corrected chi connectivity index (χ2v) is 7.54. The maximum absolute atomic E-state index is 12.3. The van der Waals surface area contributed by atoms with Crippen molar-refractivity contribution in [1.82, 2.24) is 9.78 Å². The largest absolute Gasteiger partial charge is 0.374 e. The molecule has 0 spiro atoms. The van der Waals surface area contributed by atoms with Crippen molar-refractivity contribution < 1.29 is 9.53 Å². The molecular weight excluding hydrogens is 326 g/mol. The highest BCUT2D eigenvalue weighted by Crippen LogP contribution is 2.26. The molecule has 0 unspecified atom stereocenters. The average molecular weight is 355 g/mol. The summed E-state index contributed by atoms with van der Waals surface area (Å²) in [5.41, 5.74) is 3.80. The van der Waals surface area contributed by atoms with Crippen LogP contribution in [0.4, 0.5) is 5.69 Å². The number of amides is 1. The van der Waals surface area contributed by atoms with Crippen LogP contribution < -0.4 is 5.32 Å². The van der Waals surface area contributed by atoms with Gasteiger partial charge in [-0.3, -0.25) is 9.48 Å². The lowest BCUT2D eigenvalue weighted by atomic mass is 9.89. The number of carbonyl (C=O) groups is 1. The van der Waals surface area contributed by atoms with E-state index in [1.807, 2.05) is 44.2 Å². The molecule has 0 aliphatic heterocycles. The van der Waals surface area contributed by atoms with Crippen molar-refractivity contribution in [3.63, 3.8) is 0 Å². The summed E-state index contributed by atoms with van der Waals surface area (Å²) in [6.45, 7) is 7.00. The SMILES string of the molecule is Cc1cc(C)n(CC(=O)Nc2cccc(CO[C@H]3CCC[C@H](C)C3)c2)n1. The maximum atomic E-state index is 12.3. The number of ether oxygens (including phenoxy) is 1. The van der Waals surface area contributed by atoms with E-state index >= 15 is 0 Å². The van der Waals surface area contributed by atoms with Gasteiger partial charge in [-0.25, -0.2) is 0 Å². The molecule has 2 aromatic rings. The van der Waals surface area contributed by atoms with Crippen LogP contribution in [-0.4, -0.2) is 21.8 Å². The second-order valence-electron chi connectivity index (χ2n) is 7.54. The molecule has 140 valence electrons. The molecule has 2 atom stereocenters. The molecule has 1 fully saturated rings. The predicted molar refractivity (Wildman–Crippen MR) is 103 cm³/mol. The standard InChI is InChI=1S/C21H29N3O2/c1-15-6-4-9-20(10-15)26-14-18-7-5-8-19(12-18)22-21(25)13-24-17(3)11-16(2)23-24/h5,7-8,11-12,15,20H,4,6,9-10,13-14H2,1-3H3,(H,22,25)/t15-,20-/m0/s1. The molecule has 1 aliphatic carbocycles. The number of nitrogens with zero attached hydrogens (tertiary/aromatic N) is 2. The Morgan fingerprint density at radius 2 is 2.15 bits per heavy atom. The van der Waals surface area contributed by atoms with Crippen LogP contribution in [0.3, 0.4) is 0 Å². The fourth-order valence-corrected chi connectivity index (χ4v) is 3.65. The van der Waals surface area contributed by atoms with E-state index < -0.39 is 0 Å². The Labute approximate surface area is 155 Å². The van der Waals surface area contributed by atoms with Crippen LogP contribution in [0.1, 0.15) is 49.6 Å². The third-order valence-electron chi connectivity index (χ3n) is 4.98. The van der Waals surface area contributed by atoms with E-state index in [4.69, 9.17) is 4.74 Å². The summed E-state index contributed by atoms with van der Waals surface area (Å²) in [6, 6.07) is 9.87. The molecule has 1 heterocycles.